The highest BCUT2D eigenvalue weighted by Gasteiger charge is 2.30. The minimum atomic E-state index is -0.259. The molecule has 1 aliphatic rings. The van der Waals surface area contributed by atoms with Gasteiger partial charge in [-0.05, 0) is 6.92 Å². The maximum absolute atomic E-state index is 12.3. The number of anilines is 1. The summed E-state index contributed by atoms with van der Waals surface area (Å²) in [6, 6.07) is -0.259. The molecule has 0 saturated carbocycles. The van der Waals surface area contributed by atoms with E-state index in [9.17, 15) is 4.79 Å². The molecule has 7 nitrogen and oxygen atoms in total. The number of hydrogen-bond acceptors (Lipinski definition) is 6. The smallest absolute Gasteiger partial charge is 0.246 e. The molecule has 1 N–H and O–H groups in total. The summed E-state index contributed by atoms with van der Waals surface area (Å²) in [5, 5.41) is 3.24. The minimum Gasteiger partial charge on any atom is -0.477 e. The summed E-state index contributed by atoms with van der Waals surface area (Å²) in [5.74, 6) is 1.22. The quantitative estimate of drug-likeness (QED) is 0.819. The number of aromatic nitrogens is 2. The Bertz CT molecular complexity index is 466. The number of likely N-dealkylation sites (N-methyl/N-ethyl adjacent to an activating group) is 1. The van der Waals surface area contributed by atoms with E-state index in [1.807, 2.05) is 11.8 Å². The van der Waals surface area contributed by atoms with Gasteiger partial charge < -0.3 is 19.9 Å². The van der Waals surface area contributed by atoms with Gasteiger partial charge in [0.05, 0.1) is 19.0 Å². The Morgan fingerprint density at radius 2 is 2.35 bits per heavy atom. The largest absolute Gasteiger partial charge is 0.477 e. The summed E-state index contributed by atoms with van der Waals surface area (Å²) in [6.45, 7) is 4.58. The molecule has 20 heavy (non-hydrogen) atoms. The van der Waals surface area contributed by atoms with Crippen LogP contribution in [0.1, 0.15) is 6.92 Å². The first-order valence-corrected chi connectivity index (χ1v) is 6.77. The predicted octanol–water partition coefficient (Wildman–Crippen LogP) is -0.258. The van der Waals surface area contributed by atoms with Crippen molar-refractivity contribution in [3.05, 3.63) is 12.4 Å². The second kappa shape index (κ2) is 6.51. The van der Waals surface area contributed by atoms with Crippen LogP contribution >= 0.6 is 0 Å². The van der Waals surface area contributed by atoms with Gasteiger partial charge in [-0.3, -0.25) is 9.78 Å². The molecule has 1 unspecified atom stereocenters. The van der Waals surface area contributed by atoms with Crippen LogP contribution in [0.4, 0.5) is 5.82 Å². The van der Waals surface area contributed by atoms with E-state index in [1.165, 1.54) is 0 Å². The maximum atomic E-state index is 12.3. The van der Waals surface area contributed by atoms with Crippen molar-refractivity contribution in [1.29, 1.82) is 0 Å². The van der Waals surface area contributed by atoms with Crippen molar-refractivity contribution >= 4 is 11.7 Å². The van der Waals surface area contributed by atoms with Gasteiger partial charge in [-0.1, -0.05) is 0 Å². The van der Waals surface area contributed by atoms with Gasteiger partial charge in [-0.2, -0.15) is 4.98 Å². The number of rotatable bonds is 4. The van der Waals surface area contributed by atoms with Crippen LogP contribution in [0.25, 0.3) is 0 Å². The molecule has 2 heterocycles. The lowest BCUT2D eigenvalue weighted by Gasteiger charge is -2.37. The Morgan fingerprint density at radius 3 is 3.05 bits per heavy atom. The SMILES string of the molecule is CCOc1cncc(N2CCNCC2C(=O)N(C)C)n1. The molecular formula is C13H21N5O2. The number of ether oxygens (including phenoxy) is 1. The van der Waals surface area contributed by atoms with E-state index in [0.717, 1.165) is 6.54 Å². The molecule has 0 spiro atoms. The lowest BCUT2D eigenvalue weighted by Crippen LogP contribution is -2.58. The first-order chi connectivity index (χ1) is 9.63. The van der Waals surface area contributed by atoms with Gasteiger partial charge in [-0.15, -0.1) is 0 Å². The maximum Gasteiger partial charge on any atom is 0.246 e. The molecule has 0 aliphatic carbocycles. The van der Waals surface area contributed by atoms with Crippen molar-refractivity contribution in [1.82, 2.24) is 20.2 Å². The number of carbonyl (C=O) groups is 1. The highest BCUT2D eigenvalue weighted by molar-refractivity contribution is 5.85. The van der Waals surface area contributed by atoms with Crippen molar-refractivity contribution in [2.24, 2.45) is 0 Å². The summed E-state index contributed by atoms with van der Waals surface area (Å²) < 4.78 is 5.37. The van der Waals surface area contributed by atoms with E-state index in [4.69, 9.17) is 4.74 Å². The molecule has 110 valence electrons. The summed E-state index contributed by atoms with van der Waals surface area (Å²) in [4.78, 5) is 24.4. The van der Waals surface area contributed by atoms with Gasteiger partial charge >= 0.3 is 0 Å². The minimum absolute atomic E-state index is 0.0563. The van der Waals surface area contributed by atoms with Gasteiger partial charge in [0.1, 0.15) is 6.04 Å². The van der Waals surface area contributed by atoms with Crippen molar-refractivity contribution in [2.75, 3.05) is 45.2 Å². The molecular weight excluding hydrogens is 258 g/mol. The molecule has 1 aliphatic heterocycles. The van der Waals surface area contributed by atoms with Crippen LogP contribution in [0.2, 0.25) is 0 Å². The van der Waals surface area contributed by atoms with E-state index < -0.39 is 0 Å². The molecule has 2 rings (SSSR count). The van der Waals surface area contributed by atoms with Gasteiger partial charge in [0, 0.05) is 33.7 Å². The van der Waals surface area contributed by atoms with Crippen LogP contribution in [0.3, 0.4) is 0 Å². The first-order valence-electron chi connectivity index (χ1n) is 6.77. The van der Waals surface area contributed by atoms with E-state index in [0.29, 0.717) is 31.4 Å². The Morgan fingerprint density at radius 1 is 1.55 bits per heavy atom. The van der Waals surface area contributed by atoms with Crippen LogP contribution < -0.4 is 15.0 Å². The highest BCUT2D eigenvalue weighted by atomic mass is 16.5. The zero-order chi connectivity index (χ0) is 14.5. The molecule has 0 radical (unpaired) electrons. The fourth-order valence-corrected chi connectivity index (χ4v) is 2.19. The molecule has 1 fully saturated rings. The monoisotopic (exact) mass is 279 g/mol. The zero-order valence-corrected chi connectivity index (χ0v) is 12.2. The van der Waals surface area contributed by atoms with Gasteiger partial charge in [-0.25, -0.2) is 0 Å². The van der Waals surface area contributed by atoms with Crippen molar-refractivity contribution in [3.63, 3.8) is 0 Å². The number of nitrogens with one attached hydrogen (secondary N) is 1. The third kappa shape index (κ3) is 3.16. The van der Waals surface area contributed by atoms with Crippen LogP contribution in [-0.2, 0) is 4.79 Å². The van der Waals surface area contributed by atoms with Crippen LogP contribution in [0.15, 0.2) is 12.4 Å². The Hall–Kier alpha value is -1.89. The van der Waals surface area contributed by atoms with Gasteiger partial charge in [0.25, 0.3) is 0 Å². The van der Waals surface area contributed by atoms with E-state index in [-0.39, 0.29) is 11.9 Å². The molecule has 1 aromatic rings. The average Bonchev–Trinajstić information content (AvgIpc) is 2.47. The summed E-state index contributed by atoms with van der Waals surface area (Å²) in [7, 11) is 3.52. The third-order valence-electron chi connectivity index (χ3n) is 3.16. The Kier molecular flexibility index (Phi) is 4.73. The molecule has 0 aromatic carbocycles. The topological polar surface area (TPSA) is 70.6 Å². The fraction of sp³-hybridized carbons (Fsp3) is 0.615. The molecule has 1 aromatic heterocycles. The van der Waals surface area contributed by atoms with Crippen LogP contribution in [0, 0.1) is 0 Å². The normalized spacial score (nSPS) is 18.8. The summed E-state index contributed by atoms with van der Waals surface area (Å²) in [5.41, 5.74) is 0. The van der Waals surface area contributed by atoms with Crippen molar-refractivity contribution in [3.8, 4) is 5.88 Å². The Balaban J connectivity index is 2.23. The lowest BCUT2D eigenvalue weighted by molar-refractivity contribution is -0.130. The van der Waals surface area contributed by atoms with Crippen LogP contribution in [0.5, 0.6) is 5.88 Å². The molecule has 0 bridgehead atoms. The Labute approximate surface area is 118 Å². The second-order valence-electron chi connectivity index (χ2n) is 4.79. The first kappa shape index (κ1) is 14.5. The van der Waals surface area contributed by atoms with E-state index in [2.05, 4.69) is 15.3 Å². The van der Waals surface area contributed by atoms with Gasteiger partial charge in [0.2, 0.25) is 11.8 Å². The number of piperazine rings is 1. The van der Waals surface area contributed by atoms with Crippen LogP contribution in [-0.4, -0.2) is 67.2 Å². The van der Waals surface area contributed by atoms with E-state index >= 15 is 0 Å². The van der Waals surface area contributed by atoms with Crippen molar-refractivity contribution in [2.45, 2.75) is 13.0 Å². The third-order valence-corrected chi connectivity index (χ3v) is 3.16. The standard InChI is InChI=1S/C13H21N5O2/c1-4-20-12-9-15-8-11(16-12)18-6-5-14-7-10(18)13(19)17(2)3/h8-10,14H,4-7H2,1-3H3. The van der Waals surface area contributed by atoms with E-state index in [1.54, 1.807) is 31.4 Å². The average molecular weight is 279 g/mol. The number of amides is 1. The molecule has 7 heteroatoms. The second-order valence-corrected chi connectivity index (χ2v) is 4.79. The molecule has 1 saturated heterocycles. The lowest BCUT2D eigenvalue weighted by atomic mass is 10.1. The van der Waals surface area contributed by atoms with Gasteiger partial charge in [0.15, 0.2) is 5.82 Å². The number of nitrogens with zero attached hydrogens (tertiary/aromatic N) is 4. The summed E-state index contributed by atoms with van der Waals surface area (Å²) >= 11 is 0. The highest BCUT2D eigenvalue weighted by Crippen LogP contribution is 2.18. The fourth-order valence-electron chi connectivity index (χ4n) is 2.19. The van der Waals surface area contributed by atoms with Crippen molar-refractivity contribution < 1.29 is 9.53 Å². The molecule has 1 amide bonds. The predicted molar refractivity (Wildman–Crippen MR) is 75.9 cm³/mol. The number of hydrogen-bond donors (Lipinski definition) is 1. The molecule has 1 atom stereocenters. The summed E-state index contributed by atoms with van der Waals surface area (Å²) in [6.07, 6.45) is 3.25. The number of carbonyl (C=O) groups excluding carboxylic acids is 1. The zero-order valence-electron chi connectivity index (χ0n) is 12.2.